The summed E-state index contributed by atoms with van der Waals surface area (Å²) in [4.78, 5) is 22.4. The van der Waals surface area contributed by atoms with Crippen LogP contribution in [-0.4, -0.2) is 39.1 Å². The summed E-state index contributed by atoms with van der Waals surface area (Å²) in [5, 5.41) is 4.06. The zero-order valence-electron chi connectivity index (χ0n) is 18.3. The number of carbonyl (C=O) groups excluding carboxylic acids is 1. The number of benzene rings is 2. The summed E-state index contributed by atoms with van der Waals surface area (Å²) in [5.41, 5.74) is 3.23. The average Bonchev–Trinajstić information content (AvgIpc) is 2.63. The molecular formula is C23H32N4OS. The fraction of sp³-hybridized carbons (Fsp3) is 0.435. The van der Waals surface area contributed by atoms with Crippen molar-refractivity contribution in [3.8, 4) is 0 Å². The molecule has 0 aromatic heterocycles. The van der Waals surface area contributed by atoms with Crippen LogP contribution < -0.4 is 20.5 Å². The molecule has 1 aliphatic rings. The Bertz CT molecular complexity index is 1020. The number of amides is 1. The second-order valence-electron chi connectivity index (χ2n) is 8.79. The van der Waals surface area contributed by atoms with Gasteiger partial charge in [0.2, 0.25) is 5.91 Å². The summed E-state index contributed by atoms with van der Waals surface area (Å²) in [5.74, 6) is 0.113. The van der Waals surface area contributed by atoms with Crippen LogP contribution in [0, 0.1) is 4.51 Å². The van der Waals surface area contributed by atoms with E-state index in [1.54, 1.807) is 0 Å². The third-order valence-corrected chi connectivity index (χ3v) is 5.97. The van der Waals surface area contributed by atoms with Crippen LogP contribution in [0.15, 0.2) is 46.3 Å². The molecule has 0 fully saturated rings. The van der Waals surface area contributed by atoms with Gasteiger partial charge in [-0.3, -0.25) is 4.79 Å². The molecule has 6 heteroatoms. The summed E-state index contributed by atoms with van der Waals surface area (Å²) < 4.78 is 1.23. The number of nitrogens with zero attached hydrogens (tertiary/aromatic N) is 3. The van der Waals surface area contributed by atoms with Gasteiger partial charge >= 0.3 is 0 Å². The van der Waals surface area contributed by atoms with Crippen molar-refractivity contribution >= 4 is 34.3 Å². The molecule has 1 heterocycles. The average molecular weight is 413 g/mol. The third kappa shape index (κ3) is 5.60. The van der Waals surface area contributed by atoms with Gasteiger partial charge in [-0.1, -0.05) is 0 Å². The van der Waals surface area contributed by atoms with Crippen molar-refractivity contribution in [2.75, 3.05) is 37.5 Å². The lowest BCUT2D eigenvalue weighted by Crippen LogP contribution is -2.40. The van der Waals surface area contributed by atoms with E-state index in [9.17, 15) is 4.79 Å². The maximum absolute atomic E-state index is 12.0. The molecule has 29 heavy (non-hydrogen) atoms. The van der Waals surface area contributed by atoms with Crippen LogP contribution in [0.4, 0.5) is 17.1 Å². The van der Waals surface area contributed by atoms with Gasteiger partial charge in [-0.05, 0) is 63.6 Å². The molecule has 0 bridgehead atoms. The van der Waals surface area contributed by atoms with Gasteiger partial charge < -0.3 is 15.1 Å². The summed E-state index contributed by atoms with van der Waals surface area (Å²) in [6.07, 6.45) is 1.37. The van der Waals surface area contributed by atoms with Crippen LogP contribution in [0.3, 0.4) is 0 Å². The van der Waals surface area contributed by atoms with Crippen molar-refractivity contribution in [1.82, 2.24) is 5.32 Å². The SMILES string of the molecule is CN(C)c1ccc2c(c1)[SH]=c1cc(N(C)CCCC(=O)NC(C)(C)C)ccc1=N2. The quantitative estimate of drug-likeness (QED) is 0.476. The lowest BCUT2D eigenvalue weighted by Gasteiger charge is -2.22. The van der Waals surface area contributed by atoms with Crippen molar-refractivity contribution in [3.05, 3.63) is 46.3 Å². The van der Waals surface area contributed by atoms with Gasteiger partial charge in [-0.15, -0.1) is 0 Å². The summed E-state index contributed by atoms with van der Waals surface area (Å²) in [6, 6.07) is 12.9. The van der Waals surface area contributed by atoms with E-state index in [4.69, 9.17) is 4.99 Å². The Morgan fingerprint density at radius 2 is 1.79 bits per heavy atom. The number of nitrogens with one attached hydrogen (secondary N) is 1. The van der Waals surface area contributed by atoms with E-state index >= 15 is 0 Å². The number of fused-ring (bicyclic) bond motifs is 2. The number of anilines is 2. The first-order chi connectivity index (χ1) is 13.6. The monoisotopic (exact) mass is 412 g/mol. The molecular weight excluding hydrogens is 380 g/mol. The molecule has 2 aromatic carbocycles. The van der Waals surface area contributed by atoms with Crippen LogP contribution in [0.1, 0.15) is 33.6 Å². The number of hydrogen-bond acceptors (Lipinski definition) is 4. The molecule has 156 valence electrons. The lowest BCUT2D eigenvalue weighted by atomic mass is 10.1. The van der Waals surface area contributed by atoms with Gasteiger partial charge in [-0.25, -0.2) is 4.99 Å². The molecule has 1 aliphatic heterocycles. The minimum absolute atomic E-state index is 0.113. The molecule has 0 saturated heterocycles. The molecule has 3 rings (SSSR count). The number of thiol groups is 1. The van der Waals surface area contributed by atoms with E-state index < -0.39 is 0 Å². The summed E-state index contributed by atoms with van der Waals surface area (Å²) in [7, 11) is 6.20. The molecule has 1 N–H and O–H groups in total. The molecule has 0 radical (unpaired) electrons. The van der Waals surface area contributed by atoms with Gasteiger partial charge in [0, 0.05) is 60.4 Å². The molecule has 1 amide bonds. The number of rotatable bonds is 6. The Balaban J connectivity index is 1.71. The number of hydrogen-bond donors (Lipinski definition) is 2. The topological polar surface area (TPSA) is 47.9 Å². The predicted octanol–water partition coefficient (Wildman–Crippen LogP) is 3.92. The minimum Gasteiger partial charge on any atom is -0.378 e. The third-order valence-electron chi connectivity index (χ3n) is 4.77. The van der Waals surface area contributed by atoms with Gasteiger partial charge in [0.25, 0.3) is 0 Å². The minimum atomic E-state index is -0.174. The van der Waals surface area contributed by atoms with E-state index in [1.165, 1.54) is 26.4 Å². The Kier molecular flexibility index (Phi) is 6.32. The van der Waals surface area contributed by atoms with E-state index in [2.05, 4.69) is 72.7 Å². The van der Waals surface area contributed by atoms with Crippen molar-refractivity contribution in [2.24, 2.45) is 4.99 Å². The first kappa shape index (κ1) is 21.4. The zero-order chi connectivity index (χ0) is 21.2. The first-order valence-corrected chi connectivity index (χ1v) is 10.9. The Morgan fingerprint density at radius 3 is 2.48 bits per heavy atom. The van der Waals surface area contributed by atoms with Crippen molar-refractivity contribution in [1.29, 1.82) is 0 Å². The second kappa shape index (κ2) is 8.57. The van der Waals surface area contributed by atoms with Gasteiger partial charge in [-0.2, -0.15) is 11.4 Å². The highest BCUT2D eigenvalue weighted by Crippen LogP contribution is 2.32. The highest BCUT2D eigenvalue weighted by molar-refractivity contribution is 7.91. The maximum Gasteiger partial charge on any atom is 0.220 e. The first-order valence-electron chi connectivity index (χ1n) is 10.0. The van der Waals surface area contributed by atoms with E-state index in [1.807, 2.05) is 20.8 Å². The Morgan fingerprint density at radius 1 is 1.07 bits per heavy atom. The lowest BCUT2D eigenvalue weighted by molar-refractivity contribution is -0.122. The Hall–Kier alpha value is -2.34. The van der Waals surface area contributed by atoms with Gasteiger partial charge in [0.15, 0.2) is 0 Å². The van der Waals surface area contributed by atoms with Crippen molar-refractivity contribution in [2.45, 2.75) is 44.0 Å². The van der Waals surface area contributed by atoms with Crippen molar-refractivity contribution < 1.29 is 4.79 Å². The second-order valence-corrected chi connectivity index (χ2v) is 9.97. The van der Waals surface area contributed by atoms with E-state index in [0.29, 0.717) is 6.42 Å². The van der Waals surface area contributed by atoms with E-state index in [-0.39, 0.29) is 11.4 Å². The number of carbonyl (C=O) groups is 1. The molecule has 0 atom stereocenters. The van der Waals surface area contributed by atoms with Crippen molar-refractivity contribution in [3.63, 3.8) is 0 Å². The fourth-order valence-electron chi connectivity index (χ4n) is 3.25. The molecule has 0 aliphatic carbocycles. The largest absolute Gasteiger partial charge is 0.378 e. The van der Waals surface area contributed by atoms with Crippen LogP contribution in [-0.2, 0) is 4.79 Å². The highest BCUT2D eigenvalue weighted by atomic mass is 32.1. The predicted molar refractivity (Wildman–Crippen MR) is 125 cm³/mol. The highest BCUT2D eigenvalue weighted by Gasteiger charge is 2.13. The van der Waals surface area contributed by atoms with Crippen LogP contribution in [0.2, 0.25) is 0 Å². The molecule has 0 spiro atoms. The normalized spacial score (nSPS) is 12.5. The van der Waals surface area contributed by atoms with Crippen LogP contribution >= 0.6 is 11.4 Å². The molecule has 0 saturated carbocycles. The molecule has 5 nitrogen and oxygen atoms in total. The fourth-order valence-corrected chi connectivity index (χ4v) is 4.38. The molecule has 2 aromatic rings. The van der Waals surface area contributed by atoms with E-state index in [0.717, 1.165) is 29.7 Å². The summed E-state index contributed by atoms with van der Waals surface area (Å²) >= 11 is 1.19. The van der Waals surface area contributed by atoms with Gasteiger partial charge in [0.1, 0.15) is 0 Å². The molecule has 0 unspecified atom stereocenters. The Labute approximate surface area is 177 Å². The standard InChI is InChI=1S/C23H32N4OS/c1-23(2,3)25-22(28)8-7-13-27(6)17-10-12-19-21(15-17)29-20-14-16(26(4)5)9-11-18(20)24-19/h9-12,14-15,29H,7-8,13H2,1-6H3,(H,25,28). The van der Waals surface area contributed by atoms with Gasteiger partial charge in [0.05, 0.1) is 11.0 Å². The summed E-state index contributed by atoms with van der Waals surface area (Å²) in [6.45, 7) is 6.86. The zero-order valence-corrected chi connectivity index (χ0v) is 19.2. The van der Waals surface area contributed by atoms with Crippen LogP contribution in [0.25, 0.3) is 0 Å². The smallest absolute Gasteiger partial charge is 0.220 e. The maximum atomic E-state index is 12.0. The van der Waals surface area contributed by atoms with Crippen LogP contribution in [0.5, 0.6) is 0 Å².